The highest BCUT2D eigenvalue weighted by Crippen LogP contribution is 2.59. The van der Waals surface area contributed by atoms with Gasteiger partial charge in [0.1, 0.15) is 0 Å². The molecule has 0 radical (unpaired) electrons. The second-order valence-electron chi connectivity index (χ2n) is 7.81. The van der Waals surface area contributed by atoms with Crippen LogP contribution < -0.4 is 11.1 Å². The molecule has 1 aromatic rings. The molecule has 5 rings (SSSR count). The van der Waals surface area contributed by atoms with Crippen molar-refractivity contribution in [2.45, 2.75) is 45.4 Å². The van der Waals surface area contributed by atoms with E-state index in [2.05, 4.69) is 30.4 Å². The number of nitrogens with two attached hydrogens (primary N) is 1. The average molecular weight is 270 g/mol. The molecule has 0 saturated heterocycles. The van der Waals surface area contributed by atoms with Crippen LogP contribution in [0.5, 0.6) is 0 Å². The maximum atomic E-state index is 6.20. The lowest BCUT2D eigenvalue weighted by Gasteiger charge is -2.57. The molecule has 20 heavy (non-hydrogen) atoms. The Morgan fingerprint density at radius 2 is 1.70 bits per heavy atom. The van der Waals surface area contributed by atoms with Crippen molar-refractivity contribution in [1.82, 2.24) is 0 Å². The van der Waals surface area contributed by atoms with E-state index in [9.17, 15) is 0 Å². The summed E-state index contributed by atoms with van der Waals surface area (Å²) in [5.74, 6) is 3.08. The van der Waals surface area contributed by atoms with Crippen molar-refractivity contribution in [3.05, 3.63) is 23.8 Å². The fraction of sp³-hybridized carbons (Fsp3) is 0.667. The van der Waals surface area contributed by atoms with Gasteiger partial charge in [0.15, 0.2) is 0 Å². The van der Waals surface area contributed by atoms with Crippen molar-refractivity contribution < 1.29 is 0 Å². The molecule has 0 aromatic heterocycles. The van der Waals surface area contributed by atoms with Crippen LogP contribution in [0.15, 0.2) is 18.2 Å². The minimum Gasteiger partial charge on any atom is -0.397 e. The molecule has 0 amide bonds. The molecular weight excluding hydrogens is 244 g/mol. The summed E-state index contributed by atoms with van der Waals surface area (Å²) in [5, 5.41) is 3.69. The Kier molecular flexibility index (Phi) is 2.77. The van der Waals surface area contributed by atoms with Crippen molar-refractivity contribution in [2.75, 3.05) is 17.6 Å². The Balaban J connectivity index is 1.50. The molecule has 108 valence electrons. The zero-order valence-corrected chi connectivity index (χ0v) is 12.5. The molecule has 2 heteroatoms. The van der Waals surface area contributed by atoms with E-state index in [-0.39, 0.29) is 0 Å². The molecule has 2 nitrogen and oxygen atoms in total. The molecule has 4 aliphatic carbocycles. The molecule has 4 bridgehead atoms. The van der Waals surface area contributed by atoms with Crippen LogP contribution >= 0.6 is 0 Å². The van der Waals surface area contributed by atoms with E-state index >= 15 is 0 Å². The molecule has 4 saturated carbocycles. The van der Waals surface area contributed by atoms with Gasteiger partial charge >= 0.3 is 0 Å². The lowest BCUT2D eigenvalue weighted by Crippen LogP contribution is -2.49. The standard InChI is InChI=1S/C18H26N2/c1-12-3-2-4-16(17(12)19)20-11-18-8-13-5-14(9-18)7-15(6-13)10-18/h2-4,13-15,20H,5-11,19H2,1H3. The van der Waals surface area contributed by atoms with Gasteiger partial charge in [-0.15, -0.1) is 0 Å². The van der Waals surface area contributed by atoms with Crippen molar-refractivity contribution >= 4 is 11.4 Å². The fourth-order valence-corrected chi connectivity index (χ4v) is 5.62. The van der Waals surface area contributed by atoms with Crippen molar-refractivity contribution in [1.29, 1.82) is 0 Å². The van der Waals surface area contributed by atoms with Crippen LogP contribution in [0.25, 0.3) is 0 Å². The van der Waals surface area contributed by atoms with Gasteiger partial charge in [0.25, 0.3) is 0 Å². The minimum atomic E-state index is 0.574. The summed E-state index contributed by atoms with van der Waals surface area (Å²) in [6.07, 6.45) is 8.93. The Bertz CT molecular complexity index is 485. The molecule has 0 aliphatic heterocycles. The predicted octanol–water partition coefficient (Wildman–Crippen LogP) is 4.21. The van der Waals surface area contributed by atoms with Gasteiger partial charge in [0.05, 0.1) is 11.4 Å². The quantitative estimate of drug-likeness (QED) is 0.808. The van der Waals surface area contributed by atoms with E-state index in [4.69, 9.17) is 5.73 Å². The van der Waals surface area contributed by atoms with Gasteiger partial charge in [0, 0.05) is 6.54 Å². The second kappa shape index (κ2) is 4.41. The number of benzene rings is 1. The number of hydrogen-bond acceptors (Lipinski definition) is 2. The second-order valence-corrected chi connectivity index (χ2v) is 7.81. The highest BCUT2D eigenvalue weighted by molar-refractivity contribution is 5.69. The molecule has 4 aliphatic rings. The molecule has 3 N–H and O–H groups in total. The van der Waals surface area contributed by atoms with Crippen LogP contribution in [-0.2, 0) is 0 Å². The largest absolute Gasteiger partial charge is 0.397 e. The third-order valence-corrected chi connectivity index (χ3v) is 6.14. The van der Waals surface area contributed by atoms with Gasteiger partial charge in [0.2, 0.25) is 0 Å². The van der Waals surface area contributed by atoms with Gasteiger partial charge < -0.3 is 11.1 Å². The van der Waals surface area contributed by atoms with Gasteiger partial charge in [-0.05, 0) is 80.2 Å². The predicted molar refractivity (Wildman–Crippen MR) is 84.7 cm³/mol. The lowest BCUT2D eigenvalue weighted by atomic mass is 9.49. The summed E-state index contributed by atoms with van der Waals surface area (Å²) in [7, 11) is 0. The fourth-order valence-electron chi connectivity index (χ4n) is 5.62. The molecule has 4 fully saturated rings. The van der Waals surface area contributed by atoms with Crippen LogP contribution in [0, 0.1) is 30.1 Å². The average Bonchev–Trinajstić information content (AvgIpc) is 2.39. The normalized spacial score (nSPS) is 38.1. The number of para-hydroxylation sites is 1. The highest BCUT2D eigenvalue weighted by atomic mass is 14.9. The maximum Gasteiger partial charge on any atom is 0.0579 e. The summed E-state index contributed by atoms with van der Waals surface area (Å²) in [6, 6.07) is 6.32. The molecule has 0 atom stereocenters. The third kappa shape index (κ3) is 2.01. The number of hydrogen-bond donors (Lipinski definition) is 2. The Labute approximate surface area is 122 Å². The zero-order valence-electron chi connectivity index (χ0n) is 12.5. The first-order valence-electron chi connectivity index (χ1n) is 8.22. The summed E-state index contributed by atoms with van der Waals surface area (Å²) >= 11 is 0. The summed E-state index contributed by atoms with van der Waals surface area (Å²) in [4.78, 5) is 0. The summed E-state index contributed by atoms with van der Waals surface area (Å²) in [6.45, 7) is 3.22. The molecule has 0 heterocycles. The van der Waals surface area contributed by atoms with Crippen molar-refractivity contribution in [3.63, 3.8) is 0 Å². The van der Waals surface area contributed by atoms with Crippen LogP contribution in [0.4, 0.5) is 11.4 Å². The first-order valence-corrected chi connectivity index (χ1v) is 8.22. The monoisotopic (exact) mass is 270 g/mol. The summed E-state index contributed by atoms with van der Waals surface area (Å²) < 4.78 is 0. The Morgan fingerprint density at radius 1 is 1.10 bits per heavy atom. The molecule has 0 spiro atoms. The van der Waals surface area contributed by atoms with Crippen LogP contribution in [0.2, 0.25) is 0 Å². The minimum absolute atomic E-state index is 0.574. The van der Waals surface area contributed by atoms with Gasteiger partial charge in [-0.3, -0.25) is 0 Å². The topological polar surface area (TPSA) is 38.0 Å². The van der Waals surface area contributed by atoms with Crippen LogP contribution in [0.3, 0.4) is 0 Å². The zero-order chi connectivity index (χ0) is 13.7. The van der Waals surface area contributed by atoms with Crippen molar-refractivity contribution in [3.8, 4) is 0 Å². The van der Waals surface area contributed by atoms with Gasteiger partial charge in [-0.1, -0.05) is 12.1 Å². The number of aryl methyl sites for hydroxylation is 1. The first kappa shape index (κ1) is 12.6. The van der Waals surface area contributed by atoms with Crippen LogP contribution in [-0.4, -0.2) is 6.54 Å². The number of nitrogen functional groups attached to an aromatic ring is 1. The molecule has 1 aromatic carbocycles. The van der Waals surface area contributed by atoms with E-state index in [1.54, 1.807) is 0 Å². The Morgan fingerprint density at radius 3 is 2.30 bits per heavy atom. The van der Waals surface area contributed by atoms with Crippen LogP contribution in [0.1, 0.15) is 44.1 Å². The van der Waals surface area contributed by atoms with Gasteiger partial charge in [-0.25, -0.2) is 0 Å². The smallest absolute Gasteiger partial charge is 0.0579 e. The number of rotatable bonds is 3. The van der Waals surface area contributed by atoms with E-state index in [1.165, 1.54) is 44.1 Å². The number of anilines is 2. The Hall–Kier alpha value is -1.18. The van der Waals surface area contributed by atoms with E-state index in [0.717, 1.165) is 35.7 Å². The van der Waals surface area contributed by atoms with E-state index < -0.39 is 0 Å². The highest BCUT2D eigenvalue weighted by Gasteiger charge is 2.50. The molecule has 0 unspecified atom stereocenters. The number of nitrogens with one attached hydrogen (secondary N) is 1. The van der Waals surface area contributed by atoms with Gasteiger partial charge in [-0.2, -0.15) is 0 Å². The summed E-state index contributed by atoms with van der Waals surface area (Å²) in [5.41, 5.74) is 10.0. The van der Waals surface area contributed by atoms with E-state index in [0.29, 0.717) is 5.41 Å². The molecular formula is C18H26N2. The third-order valence-electron chi connectivity index (χ3n) is 6.14. The SMILES string of the molecule is Cc1cccc(NCC23CC4CC(CC(C4)C2)C3)c1N. The first-order chi connectivity index (χ1) is 9.63. The maximum absolute atomic E-state index is 6.20. The van der Waals surface area contributed by atoms with Crippen molar-refractivity contribution in [2.24, 2.45) is 23.2 Å². The lowest BCUT2D eigenvalue weighted by molar-refractivity contribution is -0.0444. The van der Waals surface area contributed by atoms with E-state index in [1.807, 2.05) is 0 Å².